The molecule has 0 saturated heterocycles. The maximum atomic E-state index is 13.5. The Hall–Kier alpha value is -2.34. The van der Waals surface area contributed by atoms with E-state index in [0.29, 0.717) is 5.56 Å². The Morgan fingerprint density at radius 3 is 2.48 bits per heavy atom. The van der Waals surface area contributed by atoms with Crippen LogP contribution in [-0.2, 0) is 16.1 Å². The number of carbonyl (C=O) groups excluding carboxylic acids is 2. The summed E-state index contributed by atoms with van der Waals surface area (Å²) < 4.78 is 13.5. The molecule has 4 nitrogen and oxygen atoms in total. The fourth-order valence-electron chi connectivity index (χ4n) is 2.08. The monoisotopic (exact) mass is 360 g/mol. The van der Waals surface area contributed by atoms with Crippen molar-refractivity contribution in [3.8, 4) is 0 Å². The Labute approximate surface area is 151 Å². The van der Waals surface area contributed by atoms with Crippen LogP contribution in [0.4, 0.5) is 10.1 Å². The molecular formula is C19H21FN2O2S. The molecular weight excluding hydrogens is 339 g/mol. The summed E-state index contributed by atoms with van der Waals surface area (Å²) in [5.74, 6) is -0.568. The molecule has 0 aromatic heterocycles. The molecule has 6 heteroatoms. The lowest BCUT2D eigenvalue weighted by Gasteiger charge is -2.12. The van der Waals surface area contributed by atoms with Gasteiger partial charge in [-0.15, -0.1) is 11.8 Å². The summed E-state index contributed by atoms with van der Waals surface area (Å²) >= 11 is 1.24. The van der Waals surface area contributed by atoms with Crippen molar-refractivity contribution in [1.29, 1.82) is 0 Å². The number of benzene rings is 2. The van der Waals surface area contributed by atoms with Crippen LogP contribution in [0.25, 0.3) is 0 Å². The van der Waals surface area contributed by atoms with Gasteiger partial charge in [-0.1, -0.05) is 35.9 Å². The van der Waals surface area contributed by atoms with Crippen LogP contribution in [0, 0.1) is 12.7 Å². The highest BCUT2D eigenvalue weighted by atomic mass is 32.2. The largest absolute Gasteiger partial charge is 0.351 e. The van der Waals surface area contributed by atoms with Crippen molar-refractivity contribution in [3.05, 3.63) is 65.5 Å². The van der Waals surface area contributed by atoms with Crippen LogP contribution >= 0.6 is 11.8 Å². The van der Waals surface area contributed by atoms with E-state index in [1.807, 2.05) is 31.2 Å². The molecule has 0 spiro atoms. The number of halogens is 1. The van der Waals surface area contributed by atoms with Crippen molar-refractivity contribution in [2.75, 3.05) is 11.1 Å². The second kappa shape index (κ2) is 9.22. The standard InChI is InChI=1S/C19H21FN2O2S/c1-13-7-9-16(10-8-13)22-18(23)12-25-14(2)19(24)21-11-15-5-3-4-6-17(15)20/h3-10,14H,11-12H2,1-2H3,(H,21,24)(H,22,23)/t14-/m1/s1. The lowest BCUT2D eigenvalue weighted by molar-refractivity contribution is -0.120. The second-order valence-corrected chi connectivity index (χ2v) is 7.01. The first kappa shape index (κ1) is 19.0. The first-order valence-corrected chi connectivity index (χ1v) is 9.00. The minimum absolute atomic E-state index is 0.131. The quantitative estimate of drug-likeness (QED) is 0.794. The third kappa shape index (κ3) is 6.23. The van der Waals surface area contributed by atoms with E-state index in [0.717, 1.165) is 11.3 Å². The smallest absolute Gasteiger partial charge is 0.234 e. The molecule has 2 aromatic rings. The number of nitrogens with one attached hydrogen (secondary N) is 2. The molecule has 0 bridgehead atoms. The van der Waals surface area contributed by atoms with Gasteiger partial charge in [-0.3, -0.25) is 9.59 Å². The number of amides is 2. The molecule has 0 aliphatic rings. The van der Waals surface area contributed by atoms with Gasteiger partial charge in [-0.2, -0.15) is 0 Å². The molecule has 2 rings (SSSR count). The molecule has 25 heavy (non-hydrogen) atoms. The summed E-state index contributed by atoms with van der Waals surface area (Å²) in [5.41, 5.74) is 2.28. The number of hydrogen-bond donors (Lipinski definition) is 2. The normalized spacial score (nSPS) is 11.6. The Morgan fingerprint density at radius 1 is 1.12 bits per heavy atom. The van der Waals surface area contributed by atoms with Gasteiger partial charge in [0.15, 0.2) is 0 Å². The van der Waals surface area contributed by atoms with Crippen LogP contribution in [0.3, 0.4) is 0 Å². The number of hydrogen-bond acceptors (Lipinski definition) is 3. The summed E-state index contributed by atoms with van der Waals surface area (Å²) in [7, 11) is 0. The average molecular weight is 360 g/mol. The van der Waals surface area contributed by atoms with Crippen molar-refractivity contribution in [2.24, 2.45) is 0 Å². The second-order valence-electron chi connectivity index (χ2n) is 5.68. The molecule has 0 radical (unpaired) electrons. The maximum Gasteiger partial charge on any atom is 0.234 e. The molecule has 2 aromatic carbocycles. The van der Waals surface area contributed by atoms with E-state index in [9.17, 15) is 14.0 Å². The van der Waals surface area contributed by atoms with Crippen molar-refractivity contribution in [1.82, 2.24) is 5.32 Å². The minimum atomic E-state index is -0.407. The molecule has 2 N–H and O–H groups in total. The highest BCUT2D eigenvalue weighted by Gasteiger charge is 2.15. The highest BCUT2D eigenvalue weighted by molar-refractivity contribution is 8.01. The average Bonchev–Trinajstić information content (AvgIpc) is 2.60. The van der Waals surface area contributed by atoms with E-state index in [2.05, 4.69) is 10.6 Å². The number of carbonyl (C=O) groups is 2. The van der Waals surface area contributed by atoms with Gasteiger partial charge in [0.25, 0.3) is 0 Å². The molecule has 0 aliphatic heterocycles. The SMILES string of the molecule is Cc1ccc(NC(=O)CS[C@H](C)C(=O)NCc2ccccc2F)cc1. The Balaban J connectivity index is 1.74. The third-order valence-electron chi connectivity index (χ3n) is 3.58. The Morgan fingerprint density at radius 2 is 1.80 bits per heavy atom. The number of rotatable bonds is 7. The van der Waals surface area contributed by atoms with E-state index in [1.165, 1.54) is 17.8 Å². The summed E-state index contributed by atoms with van der Waals surface area (Å²) in [6.07, 6.45) is 0. The first-order valence-electron chi connectivity index (χ1n) is 7.95. The van der Waals surface area contributed by atoms with Crippen molar-refractivity contribution in [2.45, 2.75) is 25.6 Å². The van der Waals surface area contributed by atoms with Crippen LogP contribution in [0.2, 0.25) is 0 Å². The van der Waals surface area contributed by atoms with Crippen LogP contribution in [0.1, 0.15) is 18.1 Å². The number of anilines is 1. The van der Waals surface area contributed by atoms with E-state index in [1.54, 1.807) is 25.1 Å². The summed E-state index contributed by atoms with van der Waals surface area (Å²) in [6.45, 7) is 3.83. The zero-order valence-corrected chi connectivity index (χ0v) is 15.0. The van der Waals surface area contributed by atoms with Gasteiger partial charge in [0.2, 0.25) is 11.8 Å². The fourth-order valence-corrected chi connectivity index (χ4v) is 2.79. The zero-order chi connectivity index (χ0) is 18.2. The topological polar surface area (TPSA) is 58.2 Å². The molecule has 0 saturated carbocycles. The minimum Gasteiger partial charge on any atom is -0.351 e. The molecule has 2 amide bonds. The number of thioether (sulfide) groups is 1. The lowest BCUT2D eigenvalue weighted by Crippen LogP contribution is -2.31. The van der Waals surface area contributed by atoms with Crippen molar-refractivity contribution < 1.29 is 14.0 Å². The van der Waals surface area contributed by atoms with E-state index >= 15 is 0 Å². The van der Waals surface area contributed by atoms with Crippen LogP contribution in [0.5, 0.6) is 0 Å². The van der Waals surface area contributed by atoms with Gasteiger partial charge >= 0.3 is 0 Å². The van der Waals surface area contributed by atoms with Crippen molar-refractivity contribution in [3.63, 3.8) is 0 Å². The fraction of sp³-hybridized carbons (Fsp3) is 0.263. The number of aryl methyl sites for hydroxylation is 1. The first-order chi connectivity index (χ1) is 12.0. The van der Waals surface area contributed by atoms with Gasteiger partial charge in [-0.05, 0) is 32.0 Å². The van der Waals surface area contributed by atoms with Crippen LogP contribution < -0.4 is 10.6 Å². The third-order valence-corrected chi connectivity index (χ3v) is 4.72. The van der Waals surface area contributed by atoms with E-state index < -0.39 is 5.25 Å². The molecule has 0 fully saturated rings. The molecule has 0 unspecified atom stereocenters. The highest BCUT2D eigenvalue weighted by Crippen LogP contribution is 2.14. The predicted octanol–water partition coefficient (Wildman–Crippen LogP) is 3.51. The Bertz CT molecular complexity index is 734. The lowest BCUT2D eigenvalue weighted by atomic mass is 10.2. The zero-order valence-electron chi connectivity index (χ0n) is 14.2. The molecule has 0 aliphatic carbocycles. The summed E-state index contributed by atoms with van der Waals surface area (Å²) in [4.78, 5) is 24.0. The molecule has 132 valence electrons. The summed E-state index contributed by atoms with van der Waals surface area (Å²) in [6, 6.07) is 13.8. The predicted molar refractivity (Wildman–Crippen MR) is 100.0 cm³/mol. The van der Waals surface area contributed by atoms with E-state index in [-0.39, 0.29) is 29.9 Å². The van der Waals surface area contributed by atoms with Gasteiger partial charge in [0.1, 0.15) is 5.82 Å². The van der Waals surface area contributed by atoms with Gasteiger partial charge in [0, 0.05) is 17.8 Å². The van der Waals surface area contributed by atoms with Crippen molar-refractivity contribution >= 4 is 29.3 Å². The summed E-state index contributed by atoms with van der Waals surface area (Å²) in [5, 5.41) is 5.07. The maximum absolute atomic E-state index is 13.5. The van der Waals surface area contributed by atoms with Gasteiger partial charge < -0.3 is 10.6 Å². The van der Waals surface area contributed by atoms with Gasteiger partial charge in [-0.25, -0.2) is 4.39 Å². The van der Waals surface area contributed by atoms with Gasteiger partial charge in [0.05, 0.1) is 11.0 Å². The molecule has 0 heterocycles. The molecule has 1 atom stereocenters. The van der Waals surface area contributed by atoms with E-state index in [4.69, 9.17) is 0 Å². The van der Waals surface area contributed by atoms with Crippen LogP contribution in [-0.4, -0.2) is 22.8 Å². The Kier molecular flexibility index (Phi) is 7.01. The van der Waals surface area contributed by atoms with Crippen LogP contribution in [0.15, 0.2) is 48.5 Å².